The van der Waals surface area contributed by atoms with E-state index in [9.17, 15) is 4.79 Å². The summed E-state index contributed by atoms with van der Waals surface area (Å²) >= 11 is 0. The molecule has 124 valence electrons. The minimum Gasteiger partial charge on any atom is -0.496 e. The number of nitrogens with one attached hydrogen (secondary N) is 1. The number of aromatic nitrogens is 4. The van der Waals surface area contributed by atoms with Crippen LogP contribution < -0.4 is 10.3 Å². The van der Waals surface area contributed by atoms with Gasteiger partial charge in [0.25, 0.3) is 5.56 Å². The third-order valence-corrected chi connectivity index (χ3v) is 4.13. The number of hydrogen-bond donors (Lipinski definition) is 1. The van der Waals surface area contributed by atoms with Crippen LogP contribution in [0.3, 0.4) is 0 Å². The summed E-state index contributed by atoms with van der Waals surface area (Å²) in [4.78, 5) is 21.4. The van der Waals surface area contributed by atoms with Crippen LogP contribution in [0.1, 0.15) is 5.69 Å². The van der Waals surface area contributed by atoms with Gasteiger partial charge < -0.3 is 4.74 Å². The van der Waals surface area contributed by atoms with Crippen LogP contribution in [-0.4, -0.2) is 26.7 Å². The summed E-state index contributed by atoms with van der Waals surface area (Å²) in [6.45, 7) is 1.92. The topological polar surface area (TPSA) is 72.3 Å². The van der Waals surface area contributed by atoms with Gasteiger partial charge in [0.15, 0.2) is 5.65 Å². The summed E-state index contributed by atoms with van der Waals surface area (Å²) in [7, 11) is 1.63. The molecule has 0 saturated heterocycles. The first-order valence-corrected chi connectivity index (χ1v) is 7.85. The number of aromatic amines is 1. The third-order valence-electron chi connectivity index (χ3n) is 4.13. The van der Waals surface area contributed by atoms with E-state index in [2.05, 4.69) is 10.1 Å². The molecule has 0 aliphatic rings. The van der Waals surface area contributed by atoms with Gasteiger partial charge in [0.1, 0.15) is 5.75 Å². The van der Waals surface area contributed by atoms with Crippen LogP contribution in [0.15, 0.2) is 59.7 Å². The molecule has 0 aliphatic carbocycles. The minimum absolute atomic E-state index is 0.173. The predicted molar refractivity (Wildman–Crippen MR) is 95.8 cm³/mol. The molecule has 0 saturated carbocycles. The Bertz CT molecular complexity index is 1110. The van der Waals surface area contributed by atoms with Gasteiger partial charge in [-0.25, -0.2) is 9.50 Å². The number of nitrogens with zero attached hydrogens (tertiary/aromatic N) is 3. The molecular weight excluding hydrogens is 316 g/mol. The zero-order valence-corrected chi connectivity index (χ0v) is 13.9. The summed E-state index contributed by atoms with van der Waals surface area (Å²) in [6.07, 6.45) is 3.39. The van der Waals surface area contributed by atoms with E-state index in [-0.39, 0.29) is 5.56 Å². The van der Waals surface area contributed by atoms with Crippen molar-refractivity contribution in [3.05, 3.63) is 70.9 Å². The molecule has 0 radical (unpaired) electrons. The monoisotopic (exact) mass is 332 g/mol. The highest BCUT2D eigenvalue weighted by Gasteiger charge is 2.18. The summed E-state index contributed by atoms with van der Waals surface area (Å²) in [5, 5.41) is 3.09. The number of para-hydroxylation sites is 1. The van der Waals surface area contributed by atoms with Crippen LogP contribution in [-0.2, 0) is 0 Å². The van der Waals surface area contributed by atoms with Gasteiger partial charge in [0.05, 0.1) is 18.4 Å². The Morgan fingerprint density at radius 3 is 2.76 bits per heavy atom. The van der Waals surface area contributed by atoms with Crippen LogP contribution in [0.4, 0.5) is 0 Å². The zero-order chi connectivity index (χ0) is 17.4. The molecule has 4 aromatic rings. The Hall–Kier alpha value is -3.41. The number of ether oxygens (including phenoxy) is 1. The number of H-pyrrole nitrogens is 1. The second-order valence-corrected chi connectivity index (χ2v) is 5.69. The summed E-state index contributed by atoms with van der Waals surface area (Å²) < 4.78 is 6.93. The van der Waals surface area contributed by atoms with Crippen LogP contribution in [0, 0.1) is 6.92 Å². The van der Waals surface area contributed by atoms with Gasteiger partial charge in [-0.15, -0.1) is 0 Å². The normalized spacial score (nSPS) is 11.0. The maximum Gasteiger partial charge on any atom is 0.273 e. The largest absolute Gasteiger partial charge is 0.496 e. The molecule has 6 heteroatoms. The average molecular weight is 332 g/mol. The first-order chi connectivity index (χ1) is 12.2. The van der Waals surface area contributed by atoms with E-state index >= 15 is 0 Å². The van der Waals surface area contributed by atoms with Gasteiger partial charge >= 0.3 is 0 Å². The summed E-state index contributed by atoms with van der Waals surface area (Å²) in [5.74, 6) is 0.730. The van der Waals surface area contributed by atoms with E-state index in [0.29, 0.717) is 11.3 Å². The van der Waals surface area contributed by atoms with Crippen molar-refractivity contribution in [1.82, 2.24) is 19.6 Å². The molecule has 3 aromatic heterocycles. The molecule has 1 N–H and O–H groups in total. The maximum atomic E-state index is 12.6. The molecule has 0 atom stereocenters. The number of methoxy groups -OCH3 is 1. The van der Waals surface area contributed by atoms with Crippen molar-refractivity contribution in [3.8, 4) is 28.1 Å². The lowest BCUT2D eigenvalue weighted by atomic mass is 10.0. The first kappa shape index (κ1) is 15.1. The minimum atomic E-state index is -0.173. The number of aryl methyl sites for hydroxylation is 1. The van der Waals surface area contributed by atoms with E-state index in [1.54, 1.807) is 19.5 Å². The van der Waals surface area contributed by atoms with Crippen LogP contribution in [0.2, 0.25) is 0 Å². The molecule has 0 unspecified atom stereocenters. The quantitative estimate of drug-likeness (QED) is 0.626. The van der Waals surface area contributed by atoms with Crippen LogP contribution in [0.25, 0.3) is 28.0 Å². The molecule has 6 nitrogen and oxygen atoms in total. The number of fused-ring (bicyclic) bond motifs is 1. The fraction of sp³-hybridized carbons (Fsp3) is 0.105. The molecule has 0 bridgehead atoms. The molecule has 0 fully saturated rings. The molecule has 0 aliphatic heterocycles. The lowest BCUT2D eigenvalue weighted by molar-refractivity contribution is 0.416. The van der Waals surface area contributed by atoms with Crippen LogP contribution >= 0.6 is 0 Å². The van der Waals surface area contributed by atoms with E-state index in [4.69, 9.17) is 9.72 Å². The van der Waals surface area contributed by atoms with Crippen molar-refractivity contribution in [2.45, 2.75) is 6.92 Å². The fourth-order valence-corrected chi connectivity index (χ4v) is 2.99. The van der Waals surface area contributed by atoms with Crippen molar-refractivity contribution in [2.24, 2.45) is 0 Å². The Labute approximate surface area is 143 Å². The number of rotatable bonds is 3. The van der Waals surface area contributed by atoms with Crippen molar-refractivity contribution in [1.29, 1.82) is 0 Å². The number of pyridine rings is 1. The summed E-state index contributed by atoms with van der Waals surface area (Å²) in [5.41, 5.74) is 4.36. The van der Waals surface area contributed by atoms with Crippen molar-refractivity contribution in [3.63, 3.8) is 0 Å². The fourth-order valence-electron chi connectivity index (χ4n) is 2.99. The summed E-state index contributed by atoms with van der Waals surface area (Å²) in [6, 6.07) is 12.9. The second kappa shape index (κ2) is 5.90. The Balaban J connectivity index is 2.04. The number of hydrogen-bond acceptors (Lipinski definition) is 4. The smallest absolute Gasteiger partial charge is 0.273 e. The maximum absolute atomic E-state index is 12.6. The molecule has 0 spiro atoms. The first-order valence-electron chi connectivity index (χ1n) is 7.85. The zero-order valence-electron chi connectivity index (χ0n) is 13.9. The van der Waals surface area contributed by atoms with Crippen molar-refractivity contribution in [2.75, 3.05) is 7.11 Å². The van der Waals surface area contributed by atoms with Crippen molar-refractivity contribution >= 4 is 5.65 Å². The highest BCUT2D eigenvalue weighted by atomic mass is 16.5. The average Bonchev–Trinajstić information content (AvgIpc) is 2.99. The predicted octanol–water partition coefficient (Wildman–Crippen LogP) is 3.07. The number of benzene rings is 1. The highest BCUT2D eigenvalue weighted by molar-refractivity contribution is 5.84. The standard InChI is InChI=1S/C19H16N4O2/c1-12-18(14-7-3-4-8-16(14)25-2)19-21-15(10-17(24)23(19)22-12)13-6-5-9-20-11-13/h3-11,22H,1-2H3. The highest BCUT2D eigenvalue weighted by Crippen LogP contribution is 2.34. The van der Waals surface area contributed by atoms with Gasteiger partial charge in [0.2, 0.25) is 0 Å². The molecule has 3 heterocycles. The SMILES string of the molecule is COc1ccccc1-c1c(C)[nH]n2c(=O)cc(-c3cccnc3)nc12. The Morgan fingerprint density at radius 2 is 2.00 bits per heavy atom. The van der Waals surface area contributed by atoms with E-state index in [0.717, 1.165) is 28.1 Å². The Morgan fingerprint density at radius 1 is 1.16 bits per heavy atom. The van der Waals surface area contributed by atoms with E-state index in [1.807, 2.05) is 43.3 Å². The van der Waals surface area contributed by atoms with Gasteiger partial charge in [0, 0.05) is 35.3 Å². The Kier molecular flexibility index (Phi) is 3.57. The van der Waals surface area contributed by atoms with Gasteiger partial charge in [-0.3, -0.25) is 14.9 Å². The van der Waals surface area contributed by atoms with E-state index < -0.39 is 0 Å². The lowest BCUT2D eigenvalue weighted by Gasteiger charge is -2.08. The lowest BCUT2D eigenvalue weighted by Crippen LogP contribution is -2.14. The molecule has 0 amide bonds. The third kappa shape index (κ3) is 2.48. The molecule has 1 aromatic carbocycles. The van der Waals surface area contributed by atoms with Gasteiger partial charge in [-0.05, 0) is 25.1 Å². The molecular formula is C19H16N4O2. The van der Waals surface area contributed by atoms with E-state index in [1.165, 1.54) is 10.6 Å². The molecule has 25 heavy (non-hydrogen) atoms. The molecule has 4 rings (SSSR count). The van der Waals surface area contributed by atoms with Gasteiger partial charge in [-0.1, -0.05) is 18.2 Å². The van der Waals surface area contributed by atoms with Crippen molar-refractivity contribution < 1.29 is 4.74 Å². The van der Waals surface area contributed by atoms with Gasteiger partial charge in [-0.2, -0.15) is 0 Å². The second-order valence-electron chi connectivity index (χ2n) is 5.69. The van der Waals surface area contributed by atoms with Crippen LogP contribution in [0.5, 0.6) is 5.75 Å².